The minimum atomic E-state index is -1.01. The zero-order valence-corrected chi connectivity index (χ0v) is 18.0. The molecule has 150 valence electrons. The van der Waals surface area contributed by atoms with Crippen LogP contribution in [0.4, 0.5) is 5.69 Å². The predicted octanol–water partition coefficient (Wildman–Crippen LogP) is 4.49. The highest BCUT2D eigenvalue weighted by Gasteiger charge is 2.32. The Morgan fingerprint density at radius 1 is 1.31 bits per heavy atom. The van der Waals surface area contributed by atoms with Crippen molar-refractivity contribution in [3.05, 3.63) is 56.9 Å². The van der Waals surface area contributed by atoms with Gasteiger partial charge in [-0.25, -0.2) is 9.79 Å². The number of likely N-dealkylation sites (N-methyl/N-ethyl adjacent to an activating group) is 1. The number of nitrogens with zero attached hydrogens (tertiary/aromatic N) is 2. The van der Waals surface area contributed by atoms with Gasteiger partial charge in [-0.05, 0) is 82.7 Å². The van der Waals surface area contributed by atoms with E-state index >= 15 is 0 Å². The Labute approximate surface area is 179 Å². The molecule has 1 heterocycles. The Bertz CT molecular complexity index is 1030. The van der Waals surface area contributed by atoms with Gasteiger partial charge in [0.1, 0.15) is 0 Å². The number of carbonyl (C=O) groups excluding carboxylic acids is 1. The lowest BCUT2D eigenvalue weighted by Gasteiger charge is -2.12. The van der Waals surface area contributed by atoms with Crippen molar-refractivity contribution < 1.29 is 24.5 Å². The molecule has 1 amide bonds. The van der Waals surface area contributed by atoms with Gasteiger partial charge < -0.3 is 14.9 Å². The van der Waals surface area contributed by atoms with E-state index in [2.05, 4.69) is 20.9 Å². The van der Waals surface area contributed by atoms with Crippen LogP contribution in [-0.4, -0.2) is 45.8 Å². The fourth-order valence-electron chi connectivity index (χ4n) is 2.64. The normalized spacial score (nSPS) is 16.7. The Morgan fingerprint density at radius 3 is 2.59 bits per heavy atom. The molecule has 0 spiro atoms. The van der Waals surface area contributed by atoms with E-state index in [0.29, 0.717) is 38.1 Å². The molecule has 9 heteroatoms. The largest absolute Gasteiger partial charge is 0.503 e. The number of phenolic OH excluding ortho intramolecular Hbond substituents is 1. The number of hydrogen-bond acceptors (Lipinski definition) is 6. The van der Waals surface area contributed by atoms with Crippen LogP contribution in [0.15, 0.2) is 50.8 Å². The van der Waals surface area contributed by atoms with Crippen LogP contribution in [-0.2, 0) is 4.79 Å². The monoisotopic (exact) mass is 476 g/mol. The highest BCUT2D eigenvalue weighted by molar-refractivity contribution is 9.10. The average Bonchev–Trinajstić information content (AvgIpc) is 2.99. The van der Waals surface area contributed by atoms with Crippen LogP contribution >= 0.6 is 27.7 Å². The van der Waals surface area contributed by atoms with Crippen LogP contribution in [0, 0.1) is 0 Å². The lowest BCUT2D eigenvalue weighted by Crippen LogP contribution is -2.28. The van der Waals surface area contributed by atoms with Gasteiger partial charge in [-0.1, -0.05) is 0 Å². The van der Waals surface area contributed by atoms with Crippen molar-refractivity contribution in [3.8, 4) is 11.5 Å². The van der Waals surface area contributed by atoms with Gasteiger partial charge in [0.15, 0.2) is 16.7 Å². The molecule has 0 saturated carbocycles. The summed E-state index contributed by atoms with van der Waals surface area (Å²) in [5.41, 5.74) is 1.41. The summed E-state index contributed by atoms with van der Waals surface area (Å²) >= 11 is 4.50. The SMILES string of the molecule is CCN1C(=O)/C(=C\c2cc(Br)c(O)c(OC)c2)SC1=Nc1ccc(C(=O)O)cc1. The molecular formula is C20H17BrN2O5S. The standard InChI is InChI=1S/C20H17BrN2O5S/c1-3-23-18(25)16(10-11-8-14(21)17(24)15(9-11)28-2)29-20(23)22-13-6-4-12(5-7-13)19(26)27/h4-10,24H,3H2,1-2H3,(H,26,27)/b16-10+,22-20?. The first-order valence-corrected chi connectivity index (χ1v) is 10.1. The second-order valence-corrected chi connectivity index (χ2v) is 7.82. The van der Waals surface area contributed by atoms with Crippen LogP contribution in [0.5, 0.6) is 11.5 Å². The fraction of sp³-hybridized carbons (Fsp3) is 0.150. The number of rotatable bonds is 5. The Morgan fingerprint density at radius 2 is 2.00 bits per heavy atom. The number of methoxy groups -OCH3 is 1. The number of aliphatic imine (C=N–C) groups is 1. The van der Waals surface area contributed by atoms with Gasteiger partial charge in [-0.2, -0.15) is 0 Å². The molecule has 0 radical (unpaired) electrons. The number of carboxylic acids is 1. The summed E-state index contributed by atoms with van der Waals surface area (Å²) < 4.78 is 5.61. The summed E-state index contributed by atoms with van der Waals surface area (Å²) in [4.78, 5) is 30.3. The van der Waals surface area contributed by atoms with E-state index in [0.717, 1.165) is 0 Å². The van der Waals surface area contributed by atoms with E-state index in [1.807, 2.05) is 6.92 Å². The highest BCUT2D eigenvalue weighted by atomic mass is 79.9. The molecule has 1 aliphatic heterocycles. The lowest BCUT2D eigenvalue weighted by molar-refractivity contribution is -0.122. The third-order valence-corrected chi connectivity index (χ3v) is 5.72. The van der Waals surface area contributed by atoms with E-state index < -0.39 is 5.97 Å². The quantitative estimate of drug-likeness (QED) is 0.616. The van der Waals surface area contributed by atoms with Crippen molar-refractivity contribution in [1.29, 1.82) is 0 Å². The van der Waals surface area contributed by atoms with Crippen molar-refractivity contribution in [3.63, 3.8) is 0 Å². The third kappa shape index (κ3) is 4.46. The summed E-state index contributed by atoms with van der Waals surface area (Å²) in [7, 11) is 1.45. The summed E-state index contributed by atoms with van der Waals surface area (Å²) in [6.45, 7) is 2.29. The maximum atomic E-state index is 12.8. The summed E-state index contributed by atoms with van der Waals surface area (Å²) in [6.07, 6.45) is 1.71. The zero-order chi connectivity index (χ0) is 21.1. The molecule has 1 saturated heterocycles. The smallest absolute Gasteiger partial charge is 0.335 e. The van der Waals surface area contributed by atoms with Crippen LogP contribution in [0.2, 0.25) is 0 Å². The van der Waals surface area contributed by atoms with Crippen molar-refractivity contribution in [2.45, 2.75) is 6.92 Å². The summed E-state index contributed by atoms with van der Waals surface area (Å²) in [6, 6.07) is 9.45. The summed E-state index contributed by atoms with van der Waals surface area (Å²) in [5, 5.41) is 19.5. The molecule has 7 nitrogen and oxygen atoms in total. The fourth-order valence-corrected chi connectivity index (χ4v) is 4.17. The Kier molecular flexibility index (Phi) is 6.29. The molecule has 0 aliphatic carbocycles. The Hall–Kier alpha value is -2.78. The predicted molar refractivity (Wildman–Crippen MR) is 116 cm³/mol. The van der Waals surface area contributed by atoms with Gasteiger partial charge in [0.2, 0.25) is 0 Å². The number of halogens is 1. The van der Waals surface area contributed by atoms with Gasteiger partial charge in [-0.15, -0.1) is 0 Å². The first-order valence-electron chi connectivity index (χ1n) is 8.54. The molecule has 0 atom stereocenters. The summed E-state index contributed by atoms with van der Waals surface area (Å²) in [5.74, 6) is -0.907. The molecular weight excluding hydrogens is 460 g/mol. The molecule has 0 unspecified atom stereocenters. The molecule has 1 aliphatic rings. The van der Waals surface area contributed by atoms with Crippen molar-refractivity contribution in [1.82, 2.24) is 4.90 Å². The number of amides is 1. The van der Waals surface area contributed by atoms with E-state index in [4.69, 9.17) is 9.84 Å². The van der Waals surface area contributed by atoms with E-state index in [1.165, 1.54) is 31.0 Å². The van der Waals surface area contributed by atoms with Crippen LogP contribution in [0.25, 0.3) is 6.08 Å². The van der Waals surface area contributed by atoms with Crippen molar-refractivity contribution in [2.75, 3.05) is 13.7 Å². The molecule has 0 bridgehead atoms. The second-order valence-electron chi connectivity index (χ2n) is 5.96. The molecule has 3 rings (SSSR count). The number of phenols is 1. The van der Waals surface area contributed by atoms with Crippen LogP contribution in [0.1, 0.15) is 22.8 Å². The molecule has 2 N–H and O–H groups in total. The first-order chi connectivity index (χ1) is 13.8. The van der Waals surface area contributed by atoms with E-state index in [9.17, 15) is 14.7 Å². The van der Waals surface area contributed by atoms with Gasteiger partial charge in [0, 0.05) is 6.54 Å². The first kappa shape index (κ1) is 20.9. The number of ether oxygens (including phenoxy) is 1. The number of thioether (sulfide) groups is 1. The number of hydrogen-bond donors (Lipinski definition) is 2. The lowest BCUT2D eigenvalue weighted by atomic mass is 10.2. The van der Waals surface area contributed by atoms with Crippen molar-refractivity contribution >= 4 is 56.5 Å². The van der Waals surface area contributed by atoms with E-state index in [1.54, 1.807) is 35.2 Å². The number of aromatic carboxylic acids is 1. The van der Waals surface area contributed by atoms with Gasteiger partial charge in [0.05, 0.1) is 27.7 Å². The van der Waals surface area contributed by atoms with Gasteiger partial charge in [-0.3, -0.25) is 9.69 Å². The minimum Gasteiger partial charge on any atom is -0.503 e. The van der Waals surface area contributed by atoms with Crippen LogP contribution in [0.3, 0.4) is 0 Å². The molecule has 1 fully saturated rings. The Balaban J connectivity index is 1.93. The number of carbonyl (C=O) groups is 2. The van der Waals surface area contributed by atoms with Crippen LogP contribution < -0.4 is 4.74 Å². The number of amidine groups is 1. The maximum absolute atomic E-state index is 12.8. The van der Waals surface area contributed by atoms with Crippen molar-refractivity contribution in [2.24, 2.45) is 4.99 Å². The molecule has 29 heavy (non-hydrogen) atoms. The van der Waals surface area contributed by atoms with Gasteiger partial charge >= 0.3 is 5.97 Å². The van der Waals surface area contributed by atoms with E-state index in [-0.39, 0.29) is 17.2 Å². The number of aromatic hydroxyl groups is 1. The minimum absolute atomic E-state index is 0.0118. The third-order valence-electron chi connectivity index (χ3n) is 4.11. The zero-order valence-electron chi connectivity index (χ0n) is 15.5. The average molecular weight is 477 g/mol. The molecule has 2 aromatic rings. The maximum Gasteiger partial charge on any atom is 0.335 e. The molecule has 2 aromatic carbocycles. The number of benzene rings is 2. The number of carboxylic acid groups (broad SMARTS) is 1. The van der Waals surface area contributed by atoms with Gasteiger partial charge in [0.25, 0.3) is 5.91 Å². The molecule has 0 aromatic heterocycles. The highest BCUT2D eigenvalue weighted by Crippen LogP contribution is 2.38. The second kappa shape index (κ2) is 8.71. The topological polar surface area (TPSA) is 99.4 Å².